The van der Waals surface area contributed by atoms with Gasteiger partial charge in [0.1, 0.15) is 10.5 Å². The summed E-state index contributed by atoms with van der Waals surface area (Å²) in [5.41, 5.74) is 8.33. The van der Waals surface area contributed by atoms with Gasteiger partial charge in [0.25, 0.3) is 0 Å². The van der Waals surface area contributed by atoms with Crippen molar-refractivity contribution in [2.45, 2.75) is 15.9 Å². The first-order chi connectivity index (χ1) is 6.90. The van der Waals surface area contributed by atoms with Crippen LogP contribution in [-0.2, 0) is 6.54 Å². The maximum absolute atomic E-state index is 5.59. The maximum atomic E-state index is 5.59. The van der Waals surface area contributed by atoms with E-state index in [-0.39, 0.29) is 0 Å². The van der Waals surface area contributed by atoms with E-state index in [4.69, 9.17) is 5.73 Å². The van der Waals surface area contributed by atoms with Gasteiger partial charge in [-0.1, -0.05) is 17.4 Å². The van der Waals surface area contributed by atoms with Crippen molar-refractivity contribution in [1.82, 2.24) is 15.2 Å². The fourth-order valence-electron chi connectivity index (χ4n) is 0.961. The van der Waals surface area contributed by atoms with Crippen molar-refractivity contribution >= 4 is 23.1 Å². The molecule has 14 heavy (non-hydrogen) atoms. The monoisotopic (exact) mass is 224 g/mol. The Morgan fingerprint density at radius 2 is 2.43 bits per heavy atom. The van der Waals surface area contributed by atoms with Crippen LogP contribution in [0.2, 0.25) is 0 Å². The topological polar surface area (TPSA) is 64.7 Å². The summed E-state index contributed by atoms with van der Waals surface area (Å²) in [5.74, 6) is 0. The van der Waals surface area contributed by atoms with E-state index in [1.165, 1.54) is 23.1 Å². The normalized spacial score (nSPS) is 10.4. The van der Waals surface area contributed by atoms with Gasteiger partial charge in [-0.3, -0.25) is 0 Å². The molecular weight excluding hydrogens is 216 g/mol. The van der Waals surface area contributed by atoms with Gasteiger partial charge in [0.2, 0.25) is 0 Å². The summed E-state index contributed by atoms with van der Waals surface area (Å²) in [5, 5.41) is 8.61. The van der Waals surface area contributed by atoms with Gasteiger partial charge in [0.15, 0.2) is 4.34 Å². The van der Waals surface area contributed by atoms with Gasteiger partial charge < -0.3 is 5.73 Å². The highest BCUT2D eigenvalue weighted by molar-refractivity contribution is 8.01. The first-order valence-corrected chi connectivity index (χ1v) is 5.67. The molecule has 2 heterocycles. The van der Waals surface area contributed by atoms with Crippen LogP contribution in [0.25, 0.3) is 0 Å². The number of nitrogens with zero attached hydrogens (tertiary/aromatic N) is 3. The minimum absolute atomic E-state index is 0.495. The third-order valence-corrected chi connectivity index (χ3v) is 3.43. The molecule has 0 saturated heterocycles. The molecule has 72 valence electrons. The van der Waals surface area contributed by atoms with E-state index >= 15 is 0 Å². The molecule has 6 heteroatoms. The average Bonchev–Trinajstić information content (AvgIpc) is 2.71. The molecule has 0 aliphatic carbocycles. The molecule has 2 aromatic heterocycles. The van der Waals surface area contributed by atoms with Crippen molar-refractivity contribution in [1.29, 1.82) is 0 Å². The molecule has 2 rings (SSSR count). The lowest BCUT2D eigenvalue weighted by atomic mass is 10.3. The quantitative estimate of drug-likeness (QED) is 0.856. The van der Waals surface area contributed by atoms with Gasteiger partial charge in [-0.2, -0.15) is 0 Å². The number of aromatic nitrogens is 3. The van der Waals surface area contributed by atoms with E-state index in [1.54, 1.807) is 11.7 Å². The zero-order valence-electron chi connectivity index (χ0n) is 7.25. The van der Waals surface area contributed by atoms with Gasteiger partial charge >= 0.3 is 0 Å². The molecule has 0 unspecified atom stereocenters. The third-order valence-electron chi connectivity index (χ3n) is 1.59. The number of nitrogens with two attached hydrogens (primary N) is 1. The second kappa shape index (κ2) is 4.50. The molecule has 0 aliphatic rings. The molecule has 0 saturated carbocycles. The number of hydrogen-bond acceptors (Lipinski definition) is 6. The number of rotatable bonds is 3. The van der Waals surface area contributed by atoms with Gasteiger partial charge in [0, 0.05) is 12.7 Å². The van der Waals surface area contributed by atoms with Gasteiger partial charge in [-0.15, -0.1) is 10.2 Å². The Bertz CT molecular complexity index is 401. The van der Waals surface area contributed by atoms with Crippen LogP contribution in [-0.4, -0.2) is 15.2 Å². The van der Waals surface area contributed by atoms with Crippen LogP contribution in [0, 0.1) is 0 Å². The van der Waals surface area contributed by atoms with E-state index in [1.807, 2.05) is 12.1 Å². The van der Waals surface area contributed by atoms with Gasteiger partial charge in [-0.25, -0.2) is 4.98 Å². The van der Waals surface area contributed by atoms with Crippen LogP contribution in [0.15, 0.2) is 33.2 Å². The van der Waals surface area contributed by atoms with E-state index in [0.29, 0.717) is 6.54 Å². The van der Waals surface area contributed by atoms with Crippen molar-refractivity contribution < 1.29 is 0 Å². The third kappa shape index (κ3) is 2.09. The van der Waals surface area contributed by atoms with Crippen molar-refractivity contribution in [3.63, 3.8) is 0 Å². The lowest BCUT2D eigenvalue weighted by Gasteiger charge is -2.02. The molecule has 0 radical (unpaired) electrons. The zero-order chi connectivity index (χ0) is 9.80. The van der Waals surface area contributed by atoms with E-state index in [0.717, 1.165) is 14.9 Å². The Hall–Kier alpha value is -0.980. The van der Waals surface area contributed by atoms with Crippen molar-refractivity contribution in [3.8, 4) is 0 Å². The first kappa shape index (κ1) is 9.57. The van der Waals surface area contributed by atoms with Crippen LogP contribution in [0.4, 0.5) is 0 Å². The second-order valence-corrected chi connectivity index (χ2v) is 4.55. The summed E-state index contributed by atoms with van der Waals surface area (Å²) in [7, 11) is 0. The molecule has 0 aliphatic heterocycles. The summed E-state index contributed by atoms with van der Waals surface area (Å²) in [6.07, 6.45) is 1.75. The van der Waals surface area contributed by atoms with Crippen LogP contribution in [0.5, 0.6) is 0 Å². The summed E-state index contributed by atoms with van der Waals surface area (Å²) in [4.78, 5) is 4.25. The van der Waals surface area contributed by atoms with Crippen molar-refractivity contribution in [2.24, 2.45) is 5.73 Å². The molecule has 0 aromatic carbocycles. The molecule has 0 atom stereocenters. The van der Waals surface area contributed by atoms with E-state index in [2.05, 4.69) is 15.2 Å². The summed E-state index contributed by atoms with van der Waals surface area (Å²) >= 11 is 3.00. The Labute approximate surface area is 89.6 Å². The zero-order valence-corrected chi connectivity index (χ0v) is 8.88. The lowest BCUT2D eigenvalue weighted by Crippen LogP contribution is -1.99. The second-order valence-electron chi connectivity index (χ2n) is 2.48. The Kier molecular flexibility index (Phi) is 3.07. The van der Waals surface area contributed by atoms with Crippen molar-refractivity contribution in [3.05, 3.63) is 29.4 Å². The van der Waals surface area contributed by atoms with Crippen LogP contribution < -0.4 is 5.73 Å². The smallest absolute Gasteiger partial charge is 0.180 e. The van der Waals surface area contributed by atoms with Gasteiger partial charge in [0.05, 0.1) is 0 Å². The molecule has 0 spiro atoms. The minimum atomic E-state index is 0.495. The highest BCUT2D eigenvalue weighted by Gasteiger charge is 2.05. The Balaban J connectivity index is 2.24. The predicted octanol–water partition coefficient (Wildman–Crippen LogP) is 1.54. The summed E-state index contributed by atoms with van der Waals surface area (Å²) < 4.78 is 0.887. The van der Waals surface area contributed by atoms with E-state index < -0.39 is 0 Å². The molecular formula is C8H8N4S2. The number of pyridine rings is 1. The molecule has 0 amide bonds. The highest BCUT2D eigenvalue weighted by atomic mass is 32.2. The van der Waals surface area contributed by atoms with Crippen LogP contribution in [0.1, 0.15) is 5.56 Å². The Morgan fingerprint density at radius 1 is 1.50 bits per heavy atom. The van der Waals surface area contributed by atoms with Crippen molar-refractivity contribution in [2.75, 3.05) is 0 Å². The standard InChI is InChI=1S/C8H8N4S2/c9-4-6-2-1-3-10-7(6)14-8-12-11-5-13-8/h1-3,5H,4,9H2. The molecule has 4 nitrogen and oxygen atoms in total. The maximum Gasteiger partial charge on any atom is 0.180 e. The molecule has 2 aromatic rings. The minimum Gasteiger partial charge on any atom is -0.326 e. The van der Waals surface area contributed by atoms with E-state index in [9.17, 15) is 0 Å². The summed E-state index contributed by atoms with van der Waals surface area (Å²) in [6.45, 7) is 0.495. The summed E-state index contributed by atoms with van der Waals surface area (Å²) in [6, 6.07) is 3.85. The predicted molar refractivity (Wildman–Crippen MR) is 56.2 cm³/mol. The fourth-order valence-corrected chi connectivity index (χ4v) is 2.45. The largest absolute Gasteiger partial charge is 0.326 e. The van der Waals surface area contributed by atoms with Crippen LogP contribution in [0.3, 0.4) is 0 Å². The van der Waals surface area contributed by atoms with Crippen LogP contribution >= 0.6 is 23.1 Å². The highest BCUT2D eigenvalue weighted by Crippen LogP contribution is 2.28. The lowest BCUT2D eigenvalue weighted by molar-refractivity contribution is 0.955. The number of hydrogen-bond donors (Lipinski definition) is 1. The molecule has 0 fully saturated rings. The van der Waals surface area contributed by atoms with Gasteiger partial charge in [-0.05, 0) is 23.4 Å². The molecule has 2 N–H and O–H groups in total. The Morgan fingerprint density at radius 3 is 3.14 bits per heavy atom. The SMILES string of the molecule is NCc1cccnc1Sc1nncs1. The molecule has 0 bridgehead atoms. The fraction of sp³-hybridized carbons (Fsp3) is 0.125. The first-order valence-electron chi connectivity index (χ1n) is 3.98. The average molecular weight is 224 g/mol.